The summed E-state index contributed by atoms with van der Waals surface area (Å²) in [7, 11) is 0. The molecule has 0 fully saturated rings. The molecule has 0 aromatic carbocycles. The van der Waals surface area contributed by atoms with E-state index < -0.39 is 5.97 Å². The maximum atomic E-state index is 10.4. The van der Waals surface area contributed by atoms with Gasteiger partial charge in [-0.05, 0) is 27.2 Å². The zero-order valence-electron chi connectivity index (χ0n) is 7.91. The molecule has 0 aliphatic rings. The highest BCUT2D eigenvalue weighted by Crippen LogP contribution is 2.16. The second kappa shape index (κ2) is 4.35. The first-order chi connectivity index (χ1) is 7.65. The second-order valence-corrected chi connectivity index (χ2v) is 3.84. The molecule has 0 unspecified atom stereocenters. The summed E-state index contributed by atoms with van der Waals surface area (Å²) in [4.78, 5) is 15.4. The predicted octanol–water partition coefficient (Wildman–Crippen LogP) is 0.582. The van der Waals surface area contributed by atoms with Crippen molar-refractivity contribution in [2.75, 3.05) is 0 Å². The number of nitrogens with zero attached hydrogens (tertiary/aromatic N) is 5. The van der Waals surface area contributed by atoms with Gasteiger partial charge in [-0.2, -0.15) is 4.80 Å². The molecular formula is C8H6BrN5O2. The number of carboxylic acids is 1. The van der Waals surface area contributed by atoms with Crippen molar-refractivity contribution in [2.45, 2.75) is 6.54 Å². The quantitative estimate of drug-likeness (QED) is 0.886. The molecule has 0 saturated heterocycles. The molecule has 1 N–H and O–H groups in total. The van der Waals surface area contributed by atoms with Gasteiger partial charge in [0.05, 0.1) is 0 Å². The van der Waals surface area contributed by atoms with Crippen LogP contribution in [0.25, 0.3) is 11.4 Å². The molecule has 16 heavy (non-hydrogen) atoms. The maximum absolute atomic E-state index is 10.4. The Balaban J connectivity index is 2.28. The molecule has 82 valence electrons. The van der Waals surface area contributed by atoms with Gasteiger partial charge in [-0.1, -0.05) is 0 Å². The van der Waals surface area contributed by atoms with E-state index in [9.17, 15) is 4.79 Å². The molecule has 0 aliphatic heterocycles. The van der Waals surface area contributed by atoms with E-state index in [1.54, 1.807) is 18.5 Å². The Labute approximate surface area is 98.2 Å². The fraction of sp³-hybridized carbons (Fsp3) is 0.125. The van der Waals surface area contributed by atoms with Crippen molar-refractivity contribution >= 4 is 21.9 Å². The van der Waals surface area contributed by atoms with Crippen LogP contribution in [0, 0.1) is 0 Å². The smallest absolute Gasteiger partial charge is 0.327 e. The lowest BCUT2D eigenvalue weighted by atomic mass is 10.3. The van der Waals surface area contributed by atoms with Crippen molar-refractivity contribution in [1.29, 1.82) is 0 Å². The summed E-state index contributed by atoms with van der Waals surface area (Å²) in [6, 6.07) is 1.77. The summed E-state index contributed by atoms with van der Waals surface area (Å²) in [6.07, 6.45) is 3.21. The third-order valence-electron chi connectivity index (χ3n) is 1.69. The zero-order valence-corrected chi connectivity index (χ0v) is 9.49. The molecule has 7 nitrogen and oxygen atoms in total. The first-order valence-electron chi connectivity index (χ1n) is 4.25. The minimum atomic E-state index is -1.02. The number of rotatable bonds is 3. The Hall–Kier alpha value is -1.83. The van der Waals surface area contributed by atoms with Gasteiger partial charge in [0.2, 0.25) is 5.82 Å². The molecule has 0 spiro atoms. The Morgan fingerprint density at radius 3 is 3.00 bits per heavy atom. The molecule has 2 rings (SSSR count). The number of hydrogen-bond donors (Lipinski definition) is 1. The number of aromatic nitrogens is 5. The van der Waals surface area contributed by atoms with Gasteiger partial charge in [0.1, 0.15) is 0 Å². The lowest BCUT2D eigenvalue weighted by molar-refractivity contribution is -0.138. The third kappa shape index (κ3) is 2.40. The van der Waals surface area contributed by atoms with Gasteiger partial charge in [0, 0.05) is 22.4 Å². The maximum Gasteiger partial charge on any atom is 0.327 e. The standard InChI is InChI=1S/C8H6BrN5O2/c9-6-1-5(2-10-3-6)8-11-13-14(12-8)4-7(15)16/h1-3H,4H2,(H,15,16). The summed E-state index contributed by atoms with van der Waals surface area (Å²) in [5, 5.41) is 19.8. The van der Waals surface area contributed by atoms with E-state index in [0.29, 0.717) is 11.4 Å². The molecule has 0 radical (unpaired) electrons. The predicted molar refractivity (Wildman–Crippen MR) is 56.4 cm³/mol. The molecule has 2 heterocycles. The Bertz CT molecular complexity index is 527. The molecule has 2 aromatic rings. The van der Waals surface area contributed by atoms with Crippen LogP contribution in [0.1, 0.15) is 0 Å². The van der Waals surface area contributed by atoms with Crippen LogP contribution in [-0.2, 0) is 11.3 Å². The molecular weight excluding hydrogens is 278 g/mol. The van der Waals surface area contributed by atoms with E-state index >= 15 is 0 Å². The second-order valence-electron chi connectivity index (χ2n) is 2.93. The summed E-state index contributed by atoms with van der Waals surface area (Å²) < 4.78 is 0.791. The lowest BCUT2D eigenvalue weighted by Gasteiger charge is -1.94. The van der Waals surface area contributed by atoms with Crippen molar-refractivity contribution < 1.29 is 9.90 Å². The van der Waals surface area contributed by atoms with Crippen LogP contribution < -0.4 is 0 Å². The highest BCUT2D eigenvalue weighted by molar-refractivity contribution is 9.10. The molecule has 2 aromatic heterocycles. The molecule has 8 heteroatoms. The lowest BCUT2D eigenvalue weighted by Crippen LogP contribution is -2.11. The zero-order chi connectivity index (χ0) is 11.5. The van der Waals surface area contributed by atoms with Gasteiger partial charge < -0.3 is 5.11 Å². The average Bonchev–Trinajstić information content (AvgIpc) is 2.65. The third-order valence-corrected chi connectivity index (χ3v) is 2.13. The van der Waals surface area contributed by atoms with Crippen LogP contribution in [0.4, 0.5) is 0 Å². The van der Waals surface area contributed by atoms with Crippen LogP contribution in [0.2, 0.25) is 0 Å². The molecule has 0 bridgehead atoms. The number of carboxylic acid groups (broad SMARTS) is 1. The van der Waals surface area contributed by atoms with E-state index in [0.717, 1.165) is 9.27 Å². The van der Waals surface area contributed by atoms with E-state index in [2.05, 4.69) is 36.3 Å². The Morgan fingerprint density at radius 2 is 2.31 bits per heavy atom. The topological polar surface area (TPSA) is 93.8 Å². The van der Waals surface area contributed by atoms with Crippen molar-refractivity contribution in [1.82, 2.24) is 25.2 Å². The van der Waals surface area contributed by atoms with E-state index in [1.807, 2.05) is 0 Å². The van der Waals surface area contributed by atoms with Gasteiger partial charge in [-0.25, -0.2) is 0 Å². The first-order valence-corrected chi connectivity index (χ1v) is 5.05. The van der Waals surface area contributed by atoms with E-state index in [1.165, 1.54) is 0 Å². The van der Waals surface area contributed by atoms with Crippen LogP contribution in [0.3, 0.4) is 0 Å². The van der Waals surface area contributed by atoms with Crippen LogP contribution in [0.15, 0.2) is 22.9 Å². The largest absolute Gasteiger partial charge is 0.480 e. The monoisotopic (exact) mass is 283 g/mol. The Morgan fingerprint density at radius 1 is 1.50 bits per heavy atom. The van der Waals surface area contributed by atoms with Gasteiger partial charge in [-0.3, -0.25) is 9.78 Å². The normalized spacial score (nSPS) is 10.3. The highest BCUT2D eigenvalue weighted by Gasteiger charge is 2.08. The summed E-state index contributed by atoms with van der Waals surface area (Å²) in [5.41, 5.74) is 0.672. The molecule has 0 aliphatic carbocycles. The van der Waals surface area contributed by atoms with Gasteiger partial charge in [0.25, 0.3) is 0 Å². The van der Waals surface area contributed by atoms with Crippen LogP contribution >= 0.6 is 15.9 Å². The number of halogens is 1. The van der Waals surface area contributed by atoms with Crippen molar-refractivity contribution in [3.05, 3.63) is 22.9 Å². The number of hydrogen-bond acceptors (Lipinski definition) is 5. The van der Waals surface area contributed by atoms with Gasteiger partial charge >= 0.3 is 5.97 Å². The minimum Gasteiger partial charge on any atom is -0.480 e. The fourth-order valence-electron chi connectivity index (χ4n) is 1.08. The molecule has 0 atom stereocenters. The number of tetrazole rings is 1. The van der Waals surface area contributed by atoms with Gasteiger partial charge in [-0.15, -0.1) is 10.2 Å². The van der Waals surface area contributed by atoms with Crippen molar-refractivity contribution in [3.8, 4) is 11.4 Å². The first kappa shape index (κ1) is 10.7. The van der Waals surface area contributed by atoms with E-state index in [4.69, 9.17) is 5.11 Å². The number of pyridine rings is 1. The fourth-order valence-corrected chi connectivity index (χ4v) is 1.45. The minimum absolute atomic E-state index is 0.311. The summed E-state index contributed by atoms with van der Waals surface area (Å²) in [6.45, 7) is -0.311. The summed E-state index contributed by atoms with van der Waals surface area (Å²) >= 11 is 3.27. The van der Waals surface area contributed by atoms with E-state index in [-0.39, 0.29) is 6.54 Å². The number of carbonyl (C=O) groups is 1. The summed E-state index contributed by atoms with van der Waals surface area (Å²) in [5.74, 6) is -0.675. The Kier molecular flexibility index (Phi) is 2.91. The van der Waals surface area contributed by atoms with Gasteiger partial charge in [0.15, 0.2) is 6.54 Å². The van der Waals surface area contributed by atoms with Crippen LogP contribution in [-0.4, -0.2) is 36.3 Å². The van der Waals surface area contributed by atoms with Crippen molar-refractivity contribution in [3.63, 3.8) is 0 Å². The van der Waals surface area contributed by atoms with Crippen molar-refractivity contribution in [2.24, 2.45) is 0 Å². The molecule has 0 amide bonds. The number of aliphatic carboxylic acids is 1. The van der Waals surface area contributed by atoms with Crippen LogP contribution in [0.5, 0.6) is 0 Å². The average molecular weight is 284 g/mol. The SMILES string of the molecule is O=C(O)Cn1nnc(-c2cncc(Br)c2)n1. The molecule has 0 saturated carbocycles. The highest BCUT2D eigenvalue weighted by atomic mass is 79.9.